The Morgan fingerprint density at radius 1 is 1.25 bits per heavy atom. The van der Waals surface area contributed by atoms with E-state index >= 15 is 0 Å². The van der Waals surface area contributed by atoms with Gasteiger partial charge in [-0.2, -0.15) is 5.10 Å². The Morgan fingerprint density at radius 3 is 2.91 bits per heavy atom. The normalized spacial score (nSPS) is 14.9. The van der Waals surface area contributed by atoms with Crippen LogP contribution in [0, 0.1) is 0 Å². The van der Waals surface area contributed by atoms with Crippen LogP contribution in [0.25, 0.3) is 33.2 Å². The number of nitrogens with zero attached hydrogens (tertiary/aromatic N) is 4. The quantitative estimate of drug-likeness (QED) is 0.489. The number of aromatic nitrogens is 4. The van der Waals surface area contributed by atoms with Crippen LogP contribution in [-0.4, -0.2) is 69.9 Å². The van der Waals surface area contributed by atoms with Crippen molar-refractivity contribution in [2.24, 2.45) is 7.05 Å². The summed E-state index contributed by atoms with van der Waals surface area (Å²) in [6, 6.07) is 7.78. The van der Waals surface area contributed by atoms with Crippen LogP contribution < -0.4 is 5.32 Å². The van der Waals surface area contributed by atoms with Crippen LogP contribution in [0.4, 0.5) is 0 Å². The van der Waals surface area contributed by atoms with Crippen LogP contribution in [0.2, 0.25) is 0 Å². The lowest BCUT2D eigenvalue weighted by Crippen LogP contribution is -2.41. The van der Waals surface area contributed by atoms with Gasteiger partial charge in [-0.05, 0) is 29.7 Å². The van der Waals surface area contributed by atoms with E-state index in [1.54, 1.807) is 0 Å². The lowest BCUT2D eigenvalue weighted by atomic mass is 10.0. The molecule has 8 nitrogen and oxygen atoms in total. The lowest BCUT2D eigenvalue weighted by molar-refractivity contribution is 0.0383. The first-order chi connectivity index (χ1) is 15.7. The van der Waals surface area contributed by atoms with E-state index in [-0.39, 0.29) is 5.91 Å². The molecular weight excluding hydrogens is 404 g/mol. The van der Waals surface area contributed by atoms with Gasteiger partial charge >= 0.3 is 0 Å². The summed E-state index contributed by atoms with van der Waals surface area (Å²) < 4.78 is 7.27. The topological polar surface area (TPSA) is 88.1 Å². The molecule has 4 heterocycles. The van der Waals surface area contributed by atoms with Crippen molar-refractivity contribution in [3.63, 3.8) is 0 Å². The Morgan fingerprint density at radius 2 is 2.09 bits per heavy atom. The first kappa shape index (κ1) is 20.7. The van der Waals surface area contributed by atoms with Gasteiger partial charge in [0.25, 0.3) is 5.91 Å². The molecule has 0 unspecified atom stereocenters. The number of aromatic amines is 1. The van der Waals surface area contributed by atoms with Crippen molar-refractivity contribution in [3.05, 3.63) is 47.8 Å². The van der Waals surface area contributed by atoms with Gasteiger partial charge in [-0.15, -0.1) is 0 Å². The summed E-state index contributed by atoms with van der Waals surface area (Å²) in [4.78, 5) is 23.2. The number of pyridine rings is 1. The maximum Gasteiger partial charge on any atom is 0.251 e. The summed E-state index contributed by atoms with van der Waals surface area (Å²) in [5, 5.41) is 9.57. The standard InChI is InChI=1S/C24H28N6O2/c1-3-19-20-22-18(15-27-29(22)2)14-26-23(20)28-21(19)16-5-4-6-17(13-16)24(31)25-7-8-30-9-11-32-12-10-30/h4-6,13-15H,3,7-12H2,1-2H3,(H,25,31)(H,26,28). The minimum atomic E-state index is -0.0542. The van der Waals surface area contributed by atoms with Crippen LogP contribution in [-0.2, 0) is 18.2 Å². The fourth-order valence-electron chi connectivity index (χ4n) is 4.54. The first-order valence-electron chi connectivity index (χ1n) is 11.2. The van der Waals surface area contributed by atoms with Gasteiger partial charge in [0.2, 0.25) is 0 Å². The fourth-order valence-corrected chi connectivity index (χ4v) is 4.54. The third-order valence-electron chi connectivity index (χ3n) is 6.20. The van der Waals surface area contributed by atoms with Crippen LogP contribution in [0.5, 0.6) is 0 Å². The molecule has 1 aromatic carbocycles. The minimum absolute atomic E-state index is 0.0542. The zero-order valence-corrected chi connectivity index (χ0v) is 18.5. The third-order valence-corrected chi connectivity index (χ3v) is 6.20. The van der Waals surface area contributed by atoms with Gasteiger partial charge < -0.3 is 15.0 Å². The number of carbonyl (C=O) groups excluding carboxylic acids is 1. The largest absolute Gasteiger partial charge is 0.379 e. The highest BCUT2D eigenvalue weighted by molar-refractivity contribution is 6.07. The van der Waals surface area contributed by atoms with Crippen LogP contribution in [0.1, 0.15) is 22.8 Å². The van der Waals surface area contributed by atoms with Crippen molar-refractivity contribution in [3.8, 4) is 11.3 Å². The average molecular weight is 433 g/mol. The number of fused-ring (bicyclic) bond motifs is 3. The van der Waals surface area contributed by atoms with E-state index in [4.69, 9.17) is 4.74 Å². The first-order valence-corrected chi connectivity index (χ1v) is 11.2. The molecule has 0 atom stereocenters. The number of hydrogen-bond acceptors (Lipinski definition) is 5. The number of nitrogens with one attached hydrogen (secondary N) is 2. The number of hydrogen-bond donors (Lipinski definition) is 2. The van der Waals surface area contributed by atoms with E-state index in [0.29, 0.717) is 12.1 Å². The molecule has 1 saturated heterocycles. The van der Waals surface area contributed by atoms with Gasteiger partial charge in [0, 0.05) is 55.8 Å². The second-order valence-electron chi connectivity index (χ2n) is 8.18. The summed E-state index contributed by atoms with van der Waals surface area (Å²) in [5.41, 5.74) is 5.75. The Kier molecular flexibility index (Phi) is 5.63. The highest BCUT2D eigenvalue weighted by Gasteiger charge is 2.18. The molecule has 1 fully saturated rings. The number of benzene rings is 1. The number of rotatable bonds is 6. The van der Waals surface area contributed by atoms with Crippen LogP contribution >= 0.6 is 0 Å². The van der Waals surface area contributed by atoms with Crippen molar-refractivity contribution in [1.29, 1.82) is 0 Å². The zero-order chi connectivity index (χ0) is 22.1. The van der Waals surface area contributed by atoms with E-state index in [1.807, 2.05) is 48.4 Å². The molecule has 166 valence electrons. The highest BCUT2D eigenvalue weighted by Crippen LogP contribution is 2.34. The Bertz CT molecular complexity index is 1270. The summed E-state index contributed by atoms with van der Waals surface area (Å²) in [6.45, 7) is 6.97. The Balaban J connectivity index is 1.42. The van der Waals surface area contributed by atoms with Gasteiger partial charge in [0.15, 0.2) is 0 Å². The molecule has 1 aliphatic heterocycles. The molecule has 0 aliphatic carbocycles. The average Bonchev–Trinajstić information content (AvgIpc) is 3.39. The Hall–Kier alpha value is -3.23. The van der Waals surface area contributed by atoms with Gasteiger partial charge in [-0.1, -0.05) is 19.1 Å². The molecule has 2 N–H and O–H groups in total. The third kappa shape index (κ3) is 3.76. The van der Waals surface area contributed by atoms with E-state index in [0.717, 1.165) is 72.5 Å². The second-order valence-corrected chi connectivity index (χ2v) is 8.18. The number of carbonyl (C=O) groups is 1. The second kappa shape index (κ2) is 8.72. The molecular formula is C24H28N6O2. The molecule has 0 spiro atoms. The molecule has 1 aliphatic rings. The van der Waals surface area contributed by atoms with Crippen LogP contribution in [0.15, 0.2) is 36.7 Å². The Labute approximate surface area is 186 Å². The summed E-state index contributed by atoms with van der Waals surface area (Å²) in [7, 11) is 1.95. The molecule has 8 heteroatoms. The number of morpholine rings is 1. The van der Waals surface area contributed by atoms with Crippen molar-refractivity contribution in [2.75, 3.05) is 39.4 Å². The summed E-state index contributed by atoms with van der Waals surface area (Å²) >= 11 is 0. The van der Waals surface area contributed by atoms with Crippen molar-refractivity contribution >= 4 is 27.8 Å². The number of H-pyrrole nitrogens is 1. The van der Waals surface area contributed by atoms with Gasteiger partial charge in [-0.3, -0.25) is 14.4 Å². The van der Waals surface area contributed by atoms with Crippen molar-refractivity contribution < 1.29 is 9.53 Å². The fraction of sp³-hybridized carbons (Fsp3) is 0.375. The summed E-state index contributed by atoms with van der Waals surface area (Å²) in [6.07, 6.45) is 4.54. The molecule has 1 amide bonds. The molecule has 0 bridgehead atoms. The number of amides is 1. The van der Waals surface area contributed by atoms with E-state index < -0.39 is 0 Å². The van der Waals surface area contributed by atoms with Gasteiger partial charge in [0.05, 0.1) is 30.6 Å². The van der Waals surface area contributed by atoms with Gasteiger partial charge in [0.1, 0.15) is 5.65 Å². The van der Waals surface area contributed by atoms with Crippen molar-refractivity contribution in [1.82, 2.24) is 30.0 Å². The molecule has 0 saturated carbocycles. The lowest BCUT2D eigenvalue weighted by Gasteiger charge is -2.26. The van der Waals surface area contributed by atoms with Crippen LogP contribution in [0.3, 0.4) is 0 Å². The highest BCUT2D eigenvalue weighted by atomic mass is 16.5. The number of aryl methyl sites for hydroxylation is 2. The molecule has 32 heavy (non-hydrogen) atoms. The van der Waals surface area contributed by atoms with Gasteiger partial charge in [-0.25, -0.2) is 4.98 Å². The predicted octanol–water partition coefficient (Wildman–Crippen LogP) is 2.74. The molecule has 4 aromatic rings. The van der Waals surface area contributed by atoms with E-state index in [9.17, 15) is 4.79 Å². The predicted molar refractivity (Wildman–Crippen MR) is 125 cm³/mol. The molecule has 3 aromatic heterocycles. The van der Waals surface area contributed by atoms with E-state index in [2.05, 4.69) is 32.2 Å². The molecule has 5 rings (SSSR count). The zero-order valence-electron chi connectivity index (χ0n) is 18.5. The smallest absolute Gasteiger partial charge is 0.251 e. The van der Waals surface area contributed by atoms with E-state index in [1.165, 1.54) is 5.56 Å². The molecule has 0 radical (unpaired) electrons. The maximum atomic E-state index is 12.8. The monoisotopic (exact) mass is 432 g/mol. The SMILES string of the molecule is CCc1c(-c2cccc(C(=O)NCCN3CCOCC3)c2)[nH]c2ncc3cnn(C)c3c12. The maximum absolute atomic E-state index is 12.8. The summed E-state index contributed by atoms with van der Waals surface area (Å²) in [5.74, 6) is -0.0542. The minimum Gasteiger partial charge on any atom is -0.379 e. The van der Waals surface area contributed by atoms with Crippen molar-refractivity contribution in [2.45, 2.75) is 13.3 Å². The number of ether oxygens (including phenoxy) is 1.